The van der Waals surface area contributed by atoms with Gasteiger partial charge in [0.05, 0.1) is 12.6 Å². The molecule has 1 unspecified atom stereocenters. The smallest absolute Gasteiger partial charge is 0.123 e. The molecule has 0 aliphatic rings. The van der Waals surface area contributed by atoms with Crippen molar-refractivity contribution >= 4 is 0 Å². The second-order valence-corrected chi connectivity index (χ2v) is 4.37. The molecular formula is C16H18FNO2. The van der Waals surface area contributed by atoms with Crippen molar-refractivity contribution in [3.05, 3.63) is 59.9 Å². The van der Waals surface area contributed by atoms with E-state index in [1.807, 2.05) is 31.2 Å². The van der Waals surface area contributed by atoms with Crippen LogP contribution in [0.5, 0.6) is 11.5 Å². The number of ether oxygens (including phenoxy) is 2. The van der Waals surface area contributed by atoms with E-state index < -0.39 is 0 Å². The molecule has 0 fully saturated rings. The highest BCUT2D eigenvalue weighted by Crippen LogP contribution is 2.19. The number of rotatable bonds is 6. The lowest BCUT2D eigenvalue weighted by molar-refractivity contribution is 0.289. The van der Waals surface area contributed by atoms with E-state index in [2.05, 4.69) is 0 Å². The van der Waals surface area contributed by atoms with Gasteiger partial charge in [0.15, 0.2) is 0 Å². The molecule has 0 aromatic heterocycles. The maximum atomic E-state index is 12.8. The van der Waals surface area contributed by atoms with Crippen molar-refractivity contribution in [3.8, 4) is 11.5 Å². The van der Waals surface area contributed by atoms with E-state index in [0.717, 1.165) is 17.1 Å². The molecule has 0 spiro atoms. The Labute approximate surface area is 118 Å². The molecular weight excluding hydrogens is 257 g/mol. The molecule has 1 atom stereocenters. The minimum absolute atomic E-state index is 0.270. The van der Waals surface area contributed by atoms with Crippen molar-refractivity contribution in [1.29, 1.82) is 0 Å². The SMILES string of the molecule is CCOc1ccc(OCC(N)c2ccc(F)cc2)cc1. The van der Waals surface area contributed by atoms with Gasteiger partial charge in [-0.25, -0.2) is 4.39 Å². The normalized spacial score (nSPS) is 11.9. The monoisotopic (exact) mass is 275 g/mol. The van der Waals surface area contributed by atoms with E-state index in [1.165, 1.54) is 12.1 Å². The van der Waals surface area contributed by atoms with Crippen LogP contribution in [0.3, 0.4) is 0 Å². The van der Waals surface area contributed by atoms with Gasteiger partial charge in [-0.3, -0.25) is 0 Å². The Kier molecular flexibility index (Phi) is 4.96. The van der Waals surface area contributed by atoms with Gasteiger partial charge in [-0.1, -0.05) is 12.1 Å². The van der Waals surface area contributed by atoms with Crippen LogP contribution in [0.25, 0.3) is 0 Å². The number of hydrogen-bond acceptors (Lipinski definition) is 3. The number of hydrogen-bond donors (Lipinski definition) is 1. The summed E-state index contributed by atoms with van der Waals surface area (Å²) in [6.45, 7) is 2.90. The molecule has 0 bridgehead atoms. The molecule has 0 heterocycles. The van der Waals surface area contributed by atoms with Crippen molar-refractivity contribution in [2.75, 3.05) is 13.2 Å². The summed E-state index contributed by atoms with van der Waals surface area (Å²) in [7, 11) is 0. The lowest BCUT2D eigenvalue weighted by Gasteiger charge is -2.14. The maximum absolute atomic E-state index is 12.8. The fraction of sp³-hybridized carbons (Fsp3) is 0.250. The average molecular weight is 275 g/mol. The van der Waals surface area contributed by atoms with E-state index in [-0.39, 0.29) is 11.9 Å². The molecule has 0 aliphatic carbocycles. The lowest BCUT2D eigenvalue weighted by Crippen LogP contribution is -2.18. The topological polar surface area (TPSA) is 44.5 Å². The summed E-state index contributed by atoms with van der Waals surface area (Å²) in [6.07, 6.45) is 0. The molecule has 20 heavy (non-hydrogen) atoms. The average Bonchev–Trinajstić information content (AvgIpc) is 2.47. The lowest BCUT2D eigenvalue weighted by atomic mass is 10.1. The van der Waals surface area contributed by atoms with Crippen LogP contribution < -0.4 is 15.2 Å². The molecule has 0 saturated carbocycles. The second kappa shape index (κ2) is 6.91. The fourth-order valence-corrected chi connectivity index (χ4v) is 1.79. The molecule has 106 valence electrons. The Balaban J connectivity index is 1.89. The van der Waals surface area contributed by atoms with Crippen LogP contribution in [-0.2, 0) is 0 Å². The van der Waals surface area contributed by atoms with Gasteiger partial charge in [0, 0.05) is 0 Å². The predicted molar refractivity (Wildman–Crippen MR) is 76.4 cm³/mol. The van der Waals surface area contributed by atoms with Crippen molar-refractivity contribution in [3.63, 3.8) is 0 Å². The van der Waals surface area contributed by atoms with Crippen LogP contribution in [0.1, 0.15) is 18.5 Å². The summed E-state index contributed by atoms with van der Waals surface area (Å²) in [5.41, 5.74) is 6.84. The van der Waals surface area contributed by atoms with Crippen molar-refractivity contribution in [2.45, 2.75) is 13.0 Å². The zero-order valence-electron chi connectivity index (χ0n) is 11.4. The standard InChI is InChI=1S/C16H18FNO2/c1-2-19-14-7-9-15(10-8-14)20-11-16(18)12-3-5-13(17)6-4-12/h3-10,16H,2,11,18H2,1H3. The van der Waals surface area contributed by atoms with Gasteiger partial charge in [0.25, 0.3) is 0 Å². The molecule has 2 N–H and O–H groups in total. The molecule has 4 heteroatoms. The van der Waals surface area contributed by atoms with Crippen LogP contribution in [0, 0.1) is 5.82 Å². The van der Waals surface area contributed by atoms with E-state index in [9.17, 15) is 4.39 Å². The minimum Gasteiger partial charge on any atom is -0.494 e. The third-order valence-corrected chi connectivity index (χ3v) is 2.86. The number of halogens is 1. The Morgan fingerprint density at radius 3 is 2.05 bits per heavy atom. The molecule has 0 aliphatic heterocycles. The molecule has 0 amide bonds. The van der Waals surface area contributed by atoms with Crippen LogP contribution >= 0.6 is 0 Å². The largest absolute Gasteiger partial charge is 0.494 e. The van der Waals surface area contributed by atoms with Crippen molar-refractivity contribution in [2.24, 2.45) is 5.73 Å². The Morgan fingerprint density at radius 2 is 1.50 bits per heavy atom. The summed E-state index contributed by atoms with van der Waals surface area (Å²) in [6, 6.07) is 13.2. The van der Waals surface area contributed by atoms with Gasteiger partial charge in [-0.05, 0) is 48.9 Å². The van der Waals surface area contributed by atoms with Crippen LogP contribution in [0.2, 0.25) is 0 Å². The van der Waals surface area contributed by atoms with Crippen molar-refractivity contribution < 1.29 is 13.9 Å². The number of benzene rings is 2. The van der Waals surface area contributed by atoms with Crippen molar-refractivity contribution in [1.82, 2.24) is 0 Å². The first-order valence-corrected chi connectivity index (χ1v) is 6.55. The highest BCUT2D eigenvalue weighted by atomic mass is 19.1. The second-order valence-electron chi connectivity index (χ2n) is 4.37. The van der Waals surface area contributed by atoms with Gasteiger partial charge in [0.1, 0.15) is 23.9 Å². The first-order chi connectivity index (χ1) is 9.69. The van der Waals surface area contributed by atoms with E-state index >= 15 is 0 Å². The van der Waals surface area contributed by atoms with Gasteiger partial charge >= 0.3 is 0 Å². The minimum atomic E-state index is -0.290. The summed E-state index contributed by atoms with van der Waals surface area (Å²) in [5, 5.41) is 0. The van der Waals surface area contributed by atoms with Crippen LogP contribution in [0.15, 0.2) is 48.5 Å². The first-order valence-electron chi connectivity index (χ1n) is 6.55. The predicted octanol–water partition coefficient (Wildman–Crippen LogP) is 3.30. The van der Waals surface area contributed by atoms with Gasteiger partial charge in [0.2, 0.25) is 0 Å². The Hall–Kier alpha value is -2.07. The van der Waals surface area contributed by atoms with E-state index in [1.54, 1.807) is 12.1 Å². The summed E-state index contributed by atoms with van der Waals surface area (Å²) < 4.78 is 23.8. The highest BCUT2D eigenvalue weighted by Gasteiger charge is 2.07. The fourth-order valence-electron chi connectivity index (χ4n) is 1.79. The molecule has 2 aromatic rings. The molecule has 2 aromatic carbocycles. The van der Waals surface area contributed by atoms with E-state index in [4.69, 9.17) is 15.2 Å². The maximum Gasteiger partial charge on any atom is 0.123 e. The zero-order valence-corrected chi connectivity index (χ0v) is 11.4. The third kappa shape index (κ3) is 3.96. The molecule has 2 rings (SSSR count). The Bertz CT molecular complexity index is 525. The zero-order chi connectivity index (χ0) is 14.4. The van der Waals surface area contributed by atoms with Crippen LogP contribution in [0.4, 0.5) is 4.39 Å². The molecule has 0 radical (unpaired) electrons. The van der Waals surface area contributed by atoms with Crippen LogP contribution in [-0.4, -0.2) is 13.2 Å². The third-order valence-electron chi connectivity index (χ3n) is 2.86. The highest BCUT2D eigenvalue weighted by molar-refractivity contribution is 5.31. The number of nitrogens with two attached hydrogens (primary N) is 1. The molecule has 3 nitrogen and oxygen atoms in total. The first kappa shape index (κ1) is 14.3. The summed E-state index contributed by atoms with van der Waals surface area (Å²) in [4.78, 5) is 0. The van der Waals surface area contributed by atoms with Gasteiger partial charge in [-0.15, -0.1) is 0 Å². The van der Waals surface area contributed by atoms with Gasteiger partial charge < -0.3 is 15.2 Å². The van der Waals surface area contributed by atoms with Gasteiger partial charge in [-0.2, -0.15) is 0 Å². The summed E-state index contributed by atoms with van der Waals surface area (Å²) >= 11 is 0. The Morgan fingerprint density at radius 1 is 0.950 bits per heavy atom. The van der Waals surface area contributed by atoms with E-state index in [0.29, 0.717) is 13.2 Å². The molecule has 0 saturated heterocycles. The summed E-state index contributed by atoms with van der Waals surface area (Å²) in [5.74, 6) is 1.27. The quantitative estimate of drug-likeness (QED) is 0.879.